The minimum absolute atomic E-state index is 0.207. The Hall–Kier alpha value is -0.610. The fourth-order valence-electron chi connectivity index (χ4n) is 2.07. The highest BCUT2D eigenvalue weighted by molar-refractivity contribution is 5.86. The molecule has 1 atom stereocenters. The van der Waals surface area contributed by atoms with Crippen molar-refractivity contribution in [1.82, 2.24) is 5.32 Å². The summed E-state index contributed by atoms with van der Waals surface area (Å²) in [6, 6.07) is 0.462. The molecule has 0 spiro atoms. The van der Waals surface area contributed by atoms with E-state index in [1.807, 2.05) is 13.8 Å². The zero-order valence-electron chi connectivity index (χ0n) is 8.80. The van der Waals surface area contributed by atoms with Gasteiger partial charge in [-0.2, -0.15) is 0 Å². The number of amides is 1. The van der Waals surface area contributed by atoms with Gasteiger partial charge in [-0.05, 0) is 12.8 Å². The lowest BCUT2D eigenvalue weighted by atomic mass is 9.74. The van der Waals surface area contributed by atoms with Crippen molar-refractivity contribution in [2.45, 2.75) is 38.3 Å². The van der Waals surface area contributed by atoms with Crippen molar-refractivity contribution < 1.29 is 9.53 Å². The lowest BCUT2D eigenvalue weighted by Gasteiger charge is -2.37. The first-order valence-corrected chi connectivity index (χ1v) is 5.13. The maximum Gasteiger partial charge on any atom is 0.240 e. The summed E-state index contributed by atoms with van der Waals surface area (Å²) in [7, 11) is 0. The van der Waals surface area contributed by atoms with Crippen LogP contribution in [-0.4, -0.2) is 30.7 Å². The van der Waals surface area contributed by atoms with Gasteiger partial charge in [0.2, 0.25) is 5.91 Å². The Labute approximate surface area is 84.2 Å². The maximum atomic E-state index is 11.6. The third kappa shape index (κ3) is 1.33. The van der Waals surface area contributed by atoms with Crippen LogP contribution in [0, 0.1) is 5.41 Å². The number of nitrogens with two attached hydrogens (primary N) is 1. The van der Waals surface area contributed by atoms with Gasteiger partial charge >= 0.3 is 0 Å². The van der Waals surface area contributed by atoms with E-state index < -0.39 is 5.54 Å². The molecule has 0 bridgehead atoms. The van der Waals surface area contributed by atoms with E-state index in [2.05, 4.69) is 5.32 Å². The highest BCUT2D eigenvalue weighted by atomic mass is 16.5. The number of hydrogen-bond acceptors (Lipinski definition) is 3. The van der Waals surface area contributed by atoms with Gasteiger partial charge in [0.1, 0.15) is 5.54 Å². The predicted molar refractivity (Wildman–Crippen MR) is 52.7 cm³/mol. The zero-order chi connectivity index (χ0) is 10.4. The van der Waals surface area contributed by atoms with E-state index in [0.29, 0.717) is 19.3 Å². The second kappa shape index (κ2) is 2.94. The molecule has 1 unspecified atom stereocenters. The molecular formula is C10H18N2O2. The number of rotatable bonds is 3. The van der Waals surface area contributed by atoms with Gasteiger partial charge in [-0.25, -0.2) is 0 Å². The van der Waals surface area contributed by atoms with Crippen LogP contribution in [0.1, 0.15) is 26.7 Å². The molecule has 1 saturated heterocycles. The molecule has 80 valence electrons. The van der Waals surface area contributed by atoms with Crippen molar-refractivity contribution in [3.05, 3.63) is 0 Å². The first kappa shape index (κ1) is 9.93. The molecule has 1 aliphatic carbocycles. The summed E-state index contributed by atoms with van der Waals surface area (Å²) in [4.78, 5) is 11.6. The lowest BCUT2D eigenvalue weighted by molar-refractivity contribution is -0.127. The Morgan fingerprint density at radius 3 is 2.43 bits per heavy atom. The van der Waals surface area contributed by atoms with Gasteiger partial charge in [0.15, 0.2) is 0 Å². The van der Waals surface area contributed by atoms with Crippen LogP contribution in [0.2, 0.25) is 0 Å². The monoisotopic (exact) mass is 198 g/mol. The molecule has 2 aliphatic rings. The molecule has 1 saturated carbocycles. The Kier molecular flexibility index (Phi) is 2.08. The summed E-state index contributed by atoms with van der Waals surface area (Å²) in [5.74, 6) is -0.285. The molecule has 1 heterocycles. The Morgan fingerprint density at radius 2 is 2.07 bits per heavy atom. The first-order valence-electron chi connectivity index (χ1n) is 5.13. The van der Waals surface area contributed by atoms with Gasteiger partial charge < -0.3 is 10.5 Å². The number of hydrogen-bond donors (Lipinski definition) is 2. The summed E-state index contributed by atoms with van der Waals surface area (Å²) in [6.45, 7) is 5.06. The van der Waals surface area contributed by atoms with Crippen molar-refractivity contribution in [2.75, 3.05) is 13.2 Å². The van der Waals surface area contributed by atoms with E-state index in [9.17, 15) is 4.79 Å². The maximum absolute atomic E-state index is 11.6. The summed E-state index contributed by atoms with van der Waals surface area (Å²) in [6.07, 6.45) is 2.29. The topological polar surface area (TPSA) is 64.3 Å². The van der Waals surface area contributed by atoms with Gasteiger partial charge in [0, 0.05) is 11.5 Å². The zero-order valence-corrected chi connectivity index (χ0v) is 8.80. The number of ether oxygens (including phenoxy) is 1. The standard InChI is InChI=1S/C10H18N2O2/c1-9(2)5-14-6-10(9,8(11)13)12-7-3-4-7/h7,12H,3-6H2,1-2H3,(H2,11,13). The molecule has 1 aliphatic heterocycles. The summed E-state index contributed by atoms with van der Waals surface area (Å²) < 4.78 is 5.40. The minimum atomic E-state index is -0.659. The van der Waals surface area contributed by atoms with E-state index in [0.717, 1.165) is 12.8 Å². The molecule has 2 fully saturated rings. The van der Waals surface area contributed by atoms with Crippen molar-refractivity contribution in [2.24, 2.45) is 11.1 Å². The SMILES string of the molecule is CC1(C)COCC1(NC1CC1)C(N)=O. The van der Waals surface area contributed by atoms with Gasteiger partial charge in [-0.3, -0.25) is 10.1 Å². The van der Waals surface area contributed by atoms with Crippen LogP contribution >= 0.6 is 0 Å². The molecule has 0 radical (unpaired) electrons. The van der Waals surface area contributed by atoms with E-state index in [-0.39, 0.29) is 11.3 Å². The van der Waals surface area contributed by atoms with E-state index in [4.69, 9.17) is 10.5 Å². The lowest BCUT2D eigenvalue weighted by Crippen LogP contribution is -2.64. The fraction of sp³-hybridized carbons (Fsp3) is 0.900. The number of carbonyl (C=O) groups excluding carboxylic acids is 1. The van der Waals surface area contributed by atoms with Gasteiger partial charge in [0.05, 0.1) is 13.2 Å². The van der Waals surface area contributed by atoms with Crippen molar-refractivity contribution >= 4 is 5.91 Å². The second-order valence-corrected chi connectivity index (χ2v) is 5.06. The molecule has 1 amide bonds. The Balaban J connectivity index is 2.23. The quantitative estimate of drug-likeness (QED) is 0.672. The average molecular weight is 198 g/mol. The van der Waals surface area contributed by atoms with Crippen molar-refractivity contribution in [3.63, 3.8) is 0 Å². The molecule has 0 aromatic heterocycles. The molecular weight excluding hydrogens is 180 g/mol. The van der Waals surface area contributed by atoms with Crippen LogP contribution < -0.4 is 11.1 Å². The van der Waals surface area contributed by atoms with Crippen molar-refractivity contribution in [1.29, 1.82) is 0 Å². The van der Waals surface area contributed by atoms with E-state index >= 15 is 0 Å². The Morgan fingerprint density at radius 1 is 1.43 bits per heavy atom. The fourth-order valence-corrected chi connectivity index (χ4v) is 2.07. The van der Waals surface area contributed by atoms with Crippen LogP contribution in [0.4, 0.5) is 0 Å². The first-order chi connectivity index (χ1) is 6.48. The van der Waals surface area contributed by atoms with Crippen LogP contribution in [0.25, 0.3) is 0 Å². The predicted octanol–water partition coefficient (Wildman–Crippen LogP) is 0.0189. The highest BCUT2D eigenvalue weighted by Gasteiger charge is 2.56. The smallest absolute Gasteiger partial charge is 0.240 e. The van der Waals surface area contributed by atoms with Gasteiger partial charge in [-0.15, -0.1) is 0 Å². The number of primary amides is 1. The summed E-state index contributed by atoms with van der Waals surface area (Å²) in [5, 5.41) is 3.36. The summed E-state index contributed by atoms with van der Waals surface area (Å²) in [5.41, 5.74) is 4.64. The third-order valence-electron chi connectivity index (χ3n) is 3.39. The van der Waals surface area contributed by atoms with Crippen LogP contribution in [-0.2, 0) is 9.53 Å². The van der Waals surface area contributed by atoms with Crippen molar-refractivity contribution in [3.8, 4) is 0 Å². The van der Waals surface area contributed by atoms with Gasteiger partial charge in [-0.1, -0.05) is 13.8 Å². The number of carbonyl (C=O) groups is 1. The molecule has 3 N–H and O–H groups in total. The van der Waals surface area contributed by atoms with E-state index in [1.165, 1.54) is 0 Å². The minimum Gasteiger partial charge on any atom is -0.378 e. The van der Waals surface area contributed by atoms with Crippen LogP contribution in [0.5, 0.6) is 0 Å². The molecule has 0 aromatic rings. The highest BCUT2D eigenvalue weighted by Crippen LogP contribution is 2.39. The largest absolute Gasteiger partial charge is 0.378 e. The number of nitrogens with one attached hydrogen (secondary N) is 1. The molecule has 2 rings (SSSR count). The third-order valence-corrected chi connectivity index (χ3v) is 3.39. The second-order valence-electron chi connectivity index (χ2n) is 5.06. The van der Waals surface area contributed by atoms with Crippen LogP contribution in [0.3, 0.4) is 0 Å². The Bertz CT molecular complexity index is 261. The molecule has 0 aromatic carbocycles. The average Bonchev–Trinajstić information content (AvgIpc) is 2.79. The molecule has 14 heavy (non-hydrogen) atoms. The van der Waals surface area contributed by atoms with Gasteiger partial charge in [0.25, 0.3) is 0 Å². The van der Waals surface area contributed by atoms with E-state index in [1.54, 1.807) is 0 Å². The van der Waals surface area contributed by atoms with Crippen LogP contribution in [0.15, 0.2) is 0 Å². The molecule has 4 nitrogen and oxygen atoms in total. The molecule has 4 heteroatoms. The normalized spacial score (nSPS) is 35.9. The summed E-state index contributed by atoms with van der Waals surface area (Å²) >= 11 is 0.